The third-order valence-corrected chi connectivity index (χ3v) is 8.31. The lowest BCUT2D eigenvalue weighted by atomic mass is 9.78. The number of hydrogen-bond donors (Lipinski definition) is 0. The summed E-state index contributed by atoms with van der Waals surface area (Å²) in [5.41, 5.74) is 0. The number of hydrogen-bond acceptors (Lipinski definition) is 8. The van der Waals surface area contributed by atoms with Crippen molar-refractivity contribution in [3.05, 3.63) is 0 Å². The van der Waals surface area contributed by atoms with Crippen LogP contribution in [0.3, 0.4) is 0 Å². The molecule has 6 atom stereocenters. The Labute approximate surface area is 170 Å². The summed E-state index contributed by atoms with van der Waals surface area (Å²) in [6, 6.07) is 0. The Bertz CT molecular complexity index is 840. The molecule has 4 rings (SSSR count). The first-order valence-corrected chi connectivity index (χ1v) is 11.6. The number of alkyl halides is 3. The Morgan fingerprint density at radius 3 is 2.43 bits per heavy atom. The van der Waals surface area contributed by atoms with Gasteiger partial charge in [0.1, 0.15) is 22.0 Å². The quantitative estimate of drug-likeness (QED) is 0.447. The number of carbonyl (C=O) groups excluding carboxylic acids is 3. The Kier molecular flexibility index (Phi) is 5.26. The van der Waals surface area contributed by atoms with Gasteiger partial charge < -0.3 is 14.2 Å². The Hall–Kier alpha value is -1.85. The van der Waals surface area contributed by atoms with Gasteiger partial charge in [-0.1, -0.05) is 0 Å². The normalized spacial score (nSPS) is 37.1. The summed E-state index contributed by atoms with van der Waals surface area (Å²) in [5.74, 6) is -5.61. The van der Waals surface area contributed by atoms with Crippen molar-refractivity contribution in [1.82, 2.24) is 0 Å². The van der Waals surface area contributed by atoms with Gasteiger partial charge in [-0.3, -0.25) is 14.4 Å². The molecule has 0 aromatic rings. The van der Waals surface area contributed by atoms with Gasteiger partial charge in [0.25, 0.3) is 0 Å². The zero-order valence-corrected chi connectivity index (χ0v) is 16.6. The second-order valence-corrected chi connectivity index (χ2v) is 10.8. The third-order valence-electron chi connectivity index (χ3n) is 6.59. The first kappa shape index (κ1) is 21.4. The molecule has 2 bridgehead atoms. The lowest BCUT2D eigenvalue weighted by Crippen LogP contribution is -2.44. The van der Waals surface area contributed by atoms with E-state index in [-0.39, 0.29) is 23.8 Å². The molecule has 0 amide bonds. The highest BCUT2D eigenvalue weighted by molar-refractivity contribution is 7.91. The smallest absolute Gasteiger partial charge is 0.422 e. The van der Waals surface area contributed by atoms with Gasteiger partial charge in [-0.2, -0.15) is 13.2 Å². The molecule has 12 heteroatoms. The molecule has 2 aliphatic heterocycles. The van der Waals surface area contributed by atoms with Gasteiger partial charge >= 0.3 is 24.1 Å². The summed E-state index contributed by atoms with van der Waals surface area (Å²) in [6.07, 6.45) is -5.30. The van der Waals surface area contributed by atoms with Crippen LogP contribution in [0.1, 0.15) is 25.7 Å². The molecule has 2 saturated heterocycles. The number of sulfone groups is 1. The van der Waals surface area contributed by atoms with Crippen molar-refractivity contribution in [2.75, 3.05) is 18.1 Å². The first-order valence-electron chi connectivity index (χ1n) is 9.79. The number of esters is 3. The molecule has 0 spiro atoms. The van der Waals surface area contributed by atoms with E-state index < -0.39 is 76.4 Å². The maximum absolute atomic E-state index is 12.4. The van der Waals surface area contributed by atoms with Crippen LogP contribution in [0.4, 0.5) is 13.2 Å². The van der Waals surface area contributed by atoms with Crippen molar-refractivity contribution < 1.29 is 50.2 Å². The molecule has 30 heavy (non-hydrogen) atoms. The van der Waals surface area contributed by atoms with Crippen molar-refractivity contribution in [3.8, 4) is 0 Å². The fourth-order valence-corrected chi connectivity index (χ4v) is 6.89. The van der Waals surface area contributed by atoms with Crippen LogP contribution in [-0.2, 0) is 38.4 Å². The standard InChI is InChI=1S/C18H21F3O8S/c19-18(20,21)7-27-16(23)12-9-6-10-13(12)17(24)29-15(10)14(9)28-11(22)5-8-1-3-30(25,26)4-2-8/h8-10,12-15H,1-7H2. The summed E-state index contributed by atoms with van der Waals surface area (Å²) in [5, 5.41) is 0. The van der Waals surface area contributed by atoms with E-state index in [2.05, 4.69) is 4.74 Å². The molecule has 0 radical (unpaired) electrons. The molecule has 0 N–H and O–H groups in total. The van der Waals surface area contributed by atoms with Crippen LogP contribution in [0, 0.1) is 29.6 Å². The number of fused-ring (bicyclic) bond motifs is 1. The van der Waals surface area contributed by atoms with Crippen LogP contribution >= 0.6 is 0 Å². The third kappa shape index (κ3) is 4.02. The minimum atomic E-state index is -4.69. The van der Waals surface area contributed by atoms with Crippen molar-refractivity contribution in [2.45, 2.75) is 44.1 Å². The molecular weight excluding hydrogens is 433 g/mol. The number of halogens is 3. The molecule has 2 heterocycles. The zero-order valence-electron chi connectivity index (χ0n) is 15.8. The Morgan fingerprint density at radius 1 is 1.13 bits per heavy atom. The van der Waals surface area contributed by atoms with E-state index in [9.17, 15) is 36.0 Å². The predicted octanol–water partition coefficient (Wildman–Crippen LogP) is 1.03. The summed E-state index contributed by atoms with van der Waals surface area (Å²) < 4.78 is 75.3. The Morgan fingerprint density at radius 2 is 1.80 bits per heavy atom. The highest BCUT2D eigenvalue weighted by Crippen LogP contribution is 2.59. The molecule has 8 nitrogen and oxygen atoms in total. The predicted molar refractivity (Wildman–Crippen MR) is 91.3 cm³/mol. The Balaban J connectivity index is 1.40. The molecule has 4 fully saturated rings. The van der Waals surface area contributed by atoms with Gasteiger partial charge in [0.15, 0.2) is 6.61 Å². The highest BCUT2D eigenvalue weighted by atomic mass is 32.2. The van der Waals surface area contributed by atoms with Crippen LogP contribution in [-0.4, -0.2) is 62.8 Å². The van der Waals surface area contributed by atoms with Crippen molar-refractivity contribution in [1.29, 1.82) is 0 Å². The van der Waals surface area contributed by atoms with Gasteiger partial charge in [-0.15, -0.1) is 0 Å². The van der Waals surface area contributed by atoms with E-state index >= 15 is 0 Å². The zero-order chi connectivity index (χ0) is 21.8. The number of ether oxygens (including phenoxy) is 3. The van der Waals surface area contributed by atoms with Gasteiger partial charge in [-0.05, 0) is 25.2 Å². The van der Waals surface area contributed by atoms with Crippen molar-refractivity contribution in [2.24, 2.45) is 29.6 Å². The largest absolute Gasteiger partial charge is 0.458 e. The van der Waals surface area contributed by atoms with E-state index in [4.69, 9.17) is 9.47 Å². The van der Waals surface area contributed by atoms with Gasteiger partial charge in [0, 0.05) is 18.3 Å². The first-order chi connectivity index (χ1) is 14.0. The molecular formula is C18H21F3O8S. The SMILES string of the molecule is O=C(CC1CCS(=O)(=O)CC1)OC1C2CC3C1OC(=O)C3C2C(=O)OCC(F)(F)F. The van der Waals surface area contributed by atoms with E-state index in [0.29, 0.717) is 19.3 Å². The molecule has 4 aliphatic rings. The fourth-order valence-electron chi connectivity index (χ4n) is 5.30. The van der Waals surface area contributed by atoms with Gasteiger partial charge in [-0.25, -0.2) is 8.42 Å². The summed E-state index contributed by atoms with van der Waals surface area (Å²) in [4.78, 5) is 36.9. The van der Waals surface area contributed by atoms with Crippen LogP contribution in [0.5, 0.6) is 0 Å². The van der Waals surface area contributed by atoms with Crippen LogP contribution < -0.4 is 0 Å². The number of carbonyl (C=O) groups is 3. The molecule has 2 saturated carbocycles. The van der Waals surface area contributed by atoms with Gasteiger partial charge in [0.05, 0.1) is 23.3 Å². The van der Waals surface area contributed by atoms with Gasteiger partial charge in [0.2, 0.25) is 0 Å². The van der Waals surface area contributed by atoms with Crippen molar-refractivity contribution >= 4 is 27.7 Å². The maximum Gasteiger partial charge on any atom is 0.422 e. The fraction of sp³-hybridized carbons (Fsp3) is 0.833. The average Bonchev–Trinajstić information content (AvgIpc) is 3.24. The van der Waals surface area contributed by atoms with Crippen LogP contribution in [0.2, 0.25) is 0 Å². The molecule has 168 valence electrons. The lowest BCUT2D eigenvalue weighted by molar-refractivity contribution is -0.193. The van der Waals surface area contributed by atoms with Crippen LogP contribution in [0.25, 0.3) is 0 Å². The summed E-state index contributed by atoms with van der Waals surface area (Å²) in [6.45, 7) is -1.75. The highest BCUT2D eigenvalue weighted by Gasteiger charge is 2.70. The van der Waals surface area contributed by atoms with E-state index in [1.54, 1.807) is 0 Å². The van der Waals surface area contributed by atoms with Crippen molar-refractivity contribution in [3.63, 3.8) is 0 Å². The minimum absolute atomic E-state index is 0.00329. The minimum Gasteiger partial charge on any atom is -0.458 e. The monoisotopic (exact) mass is 454 g/mol. The molecule has 0 aromatic heterocycles. The molecule has 6 unspecified atom stereocenters. The molecule has 2 aliphatic carbocycles. The second-order valence-electron chi connectivity index (χ2n) is 8.49. The maximum atomic E-state index is 12.4. The summed E-state index contributed by atoms with van der Waals surface area (Å²) in [7, 11) is -3.07. The van der Waals surface area contributed by atoms with E-state index in [1.165, 1.54) is 0 Å². The average molecular weight is 454 g/mol. The van der Waals surface area contributed by atoms with E-state index in [1.807, 2.05) is 0 Å². The second kappa shape index (κ2) is 7.38. The lowest BCUT2D eigenvalue weighted by Gasteiger charge is -2.31. The molecule has 0 aromatic carbocycles. The number of rotatable bonds is 5. The summed E-state index contributed by atoms with van der Waals surface area (Å²) >= 11 is 0. The van der Waals surface area contributed by atoms with E-state index in [0.717, 1.165) is 0 Å². The van der Waals surface area contributed by atoms with Crippen LogP contribution in [0.15, 0.2) is 0 Å². The topological polar surface area (TPSA) is 113 Å².